The van der Waals surface area contributed by atoms with Crippen molar-refractivity contribution in [2.24, 2.45) is 0 Å². The first-order chi connectivity index (χ1) is 15.1. The van der Waals surface area contributed by atoms with Gasteiger partial charge in [0.2, 0.25) is 0 Å². The fraction of sp³-hybridized carbons (Fsp3) is 0.391. The topological polar surface area (TPSA) is 91.6 Å². The van der Waals surface area contributed by atoms with Gasteiger partial charge in [0.05, 0.1) is 29.4 Å². The number of rotatable bonds is 2. The molecule has 31 heavy (non-hydrogen) atoms. The molecule has 1 fully saturated rings. The highest BCUT2D eigenvalue weighted by atomic mass is 16.3. The van der Waals surface area contributed by atoms with E-state index in [4.69, 9.17) is 0 Å². The van der Waals surface area contributed by atoms with Crippen LogP contribution < -0.4 is 0 Å². The molecule has 1 saturated heterocycles. The van der Waals surface area contributed by atoms with E-state index in [2.05, 4.69) is 10.1 Å². The van der Waals surface area contributed by atoms with E-state index >= 15 is 0 Å². The lowest BCUT2D eigenvalue weighted by Crippen LogP contribution is -2.42. The summed E-state index contributed by atoms with van der Waals surface area (Å²) in [6, 6.07) is 11.2. The van der Waals surface area contributed by atoms with E-state index in [0.717, 1.165) is 35.9 Å². The molecular formula is C23H25N5O3. The molecule has 0 saturated carbocycles. The predicted molar refractivity (Wildman–Crippen MR) is 114 cm³/mol. The van der Waals surface area contributed by atoms with Crippen LogP contribution in [-0.4, -0.2) is 67.2 Å². The average molecular weight is 419 g/mol. The van der Waals surface area contributed by atoms with Gasteiger partial charge in [-0.15, -0.1) is 0 Å². The van der Waals surface area contributed by atoms with Gasteiger partial charge in [-0.05, 0) is 37.5 Å². The van der Waals surface area contributed by atoms with Crippen molar-refractivity contribution in [3.63, 3.8) is 0 Å². The van der Waals surface area contributed by atoms with Crippen LogP contribution in [0.2, 0.25) is 0 Å². The van der Waals surface area contributed by atoms with Gasteiger partial charge < -0.3 is 14.9 Å². The molecule has 1 aromatic carbocycles. The van der Waals surface area contributed by atoms with Crippen LogP contribution in [-0.2, 0) is 13.1 Å². The summed E-state index contributed by atoms with van der Waals surface area (Å²) >= 11 is 0. The summed E-state index contributed by atoms with van der Waals surface area (Å²) in [7, 11) is 0. The number of carbonyl (C=O) groups excluding carboxylic acids is 2. The monoisotopic (exact) mass is 419 g/mol. The number of β-amino-alcohol motifs (C(OH)–C–C–N with tert-alkyl or cyclic N) is 1. The van der Waals surface area contributed by atoms with Crippen LogP contribution >= 0.6 is 0 Å². The Labute approximate surface area is 180 Å². The van der Waals surface area contributed by atoms with Gasteiger partial charge in [-0.25, -0.2) is 0 Å². The number of likely N-dealkylation sites (tertiary alicyclic amines) is 1. The van der Waals surface area contributed by atoms with Gasteiger partial charge in [0.25, 0.3) is 11.8 Å². The van der Waals surface area contributed by atoms with E-state index in [-0.39, 0.29) is 11.8 Å². The molecule has 2 aromatic heterocycles. The average Bonchev–Trinajstić information content (AvgIpc) is 3.09. The van der Waals surface area contributed by atoms with Crippen LogP contribution in [0.25, 0.3) is 10.9 Å². The molecule has 0 aliphatic carbocycles. The molecule has 0 bridgehead atoms. The minimum absolute atomic E-state index is 0.0414. The van der Waals surface area contributed by atoms with Gasteiger partial charge in [-0.3, -0.25) is 19.3 Å². The summed E-state index contributed by atoms with van der Waals surface area (Å²) in [5, 5.41) is 15.2. The summed E-state index contributed by atoms with van der Waals surface area (Å²) in [5.41, 5.74) is 2.67. The molecule has 5 rings (SSSR count). The van der Waals surface area contributed by atoms with Crippen LogP contribution in [0.3, 0.4) is 0 Å². The summed E-state index contributed by atoms with van der Waals surface area (Å²) in [6.45, 7) is 2.67. The fourth-order valence-corrected chi connectivity index (χ4v) is 4.49. The van der Waals surface area contributed by atoms with Crippen molar-refractivity contribution < 1.29 is 14.7 Å². The number of piperidine rings is 1. The van der Waals surface area contributed by atoms with Crippen molar-refractivity contribution in [2.75, 3.05) is 19.6 Å². The van der Waals surface area contributed by atoms with Crippen LogP contribution in [0.15, 0.2) is 42.6 Å². The lowest BCUT2D eigenvalue weighted by molar-refractivity contribution is 0.0468. The maximum atomic E-state index is 13.4. The normalized spacial score (nSPS) is 19.2. The number of fused-ring (bicyclic) bond motifs is 2. The van der Waals surface area contributed by atoms with Gasteiger partial charge in [-0.1, -0.05) is 18.2 Å². The highest BCUT2D eigenvalue weighted by Crippen LogP contribution is 2.22. The van der Waals surface area contributed by atoms with Crippen molar-refractivity contribution >= 4 is 22.7 Å². The SMILES string of the molecule is O=C(c1cc2n(n1)CCCN(C(=O)c1ccnc3ccccc13)C2)N1CCCC(O)C1. The smallest absolute Gasteiger partial charge is 0.274 e. The van der Waals surface area contributed by atoms with E-state index < -0.39 is 6.10 Å². The minimum atomic E-state index is -0.471. The molecule has 4 heterocycles. The number of aliphatic hydroxyl groups excluding tert-OH is 1. The van der Waals surface area contributed by atoms with Crippen LogP contribution in [0, 0.1) is 0 Å². The van der Waals surface area contributed by atoms with Crippen LogP contribution in [0.4, 0.5) is 0 Å². The molecule has 2 aliphatic rings. The third kappa shape index (κ3) is 3.79. The van der Waals surface area contributed by atoms with Crippen molar-refractivity contribution in [1.29, 1.82) is 0 Å². The Bertz CT molecular complexity index is 1140. The molecular weight excluding hydrogens is 394 g/mol. The number of amides is 2. The Morgan fingerprint density at radius 2 is 1.84 bits per heavy atom. The van der Waals surface area contributed by atoms with Gasteiger partial charge in [0, 0.05) is 37.8 Å². The molecule has 0 spiro atoms. The first kappa shape index (κ1) is 19.7. The maximum Gasteiger partial charge on any atom is 0.274 e. The second-order valence-corrected chi connectivity index (χ2v) is 8.25. The summed E-state index contributed by atoms with van der Waals surface area (Å²) in [5.74, 6) is -0.197. The highest BCUT2D eigenvalue weighted by molar-refractivity contribution is 6.06. The van der Waals surface area contributed by atoms with Crippen molar-refractivity contribution in [3.05, 3.63) is 59.5 Å². The molecule has 1 atom stereocenters. The lowest BCUT2D eigenvalue weighted by atomic mass is 10.1. The number of aryl methyl sites for hydroxylation is 1. The Balaban J connectivity index is 1.39. The number of hydrogen-bond donors (Lipinski definition) is 1. The Hall–Kier alpha value is -3.26. The van der Waals surface area contributed by atoms with Gasteiger partial charge in [0.1, 0.15) is 0 Å². The van der Waals surface area contributed by atoms with E-state index in [1.165, 1.54) is 0 Å². The number of aliphatic hydroxyl groups is 1. The Kier molecular flexibility index (Phi) is 5.15. The number of benzene rings is 1. The maximum absolute atomic E-state index is 13.4. The Morgan fingerprint density at radius 1 is 1.00 bits per heavy atom. The van der Waals surface area contributed by atoms with Crippen LogP contribution in [0.1, 0.15) is 45.8 Å². The zero-order valence-electron chi connectivity index (χ0n) is 17.3. The molecule has 160 valence electrons. The summed E-state index contributed by atoms with van der Waals surface area (Å²) in [4.78, 5) is 34.1. The number of pyridine rings is 1. The highest BCUT2D eigenvalue weighted by Gasteiger charge is 2.28. The molecule has 8 nitrogen and oxygen atoms in total. The minimum Gasteiger partial charge on any atom is -0.391 e. The molecule has 1 N–H and O–H groups in total. The third-order valence-electron chi connectivity index (χ3n) is 6.08. The van der Waals surface area contributed by atoms with Gasteiger partial charge in [0.15, 0.2) is 5.69 Å². The van der Waals surface area contributed by atoms with E-state index in [9.17, 15) is 14.7 Å². The molecule has 1 unspecified atom stereocenters. The van der Waals surface area contributed by atoms with E-state index in [1.54, 1.807) is 23.2 Å². The van der Waals surface area contributed by atoms with Crippen molar-refractivity contribution in [3.8, 4) is 0 Å². The number of aromatic nitrogens is 3. The molecule has 2 amide bonds. The largest absolute Gasteiger partial charge is 0.391 e. The fourth-order valence-electron chi connectivity index (χ4n) is 4.49. The molecule has 2 aliphatic heterocycles. The zero-order chi connectivity index (χ0) is 21.4. The van der Waals surface area contributed by atoms with Gasteiger partial charge in [-0.2, -0.15) is 5.10 Å². The zero-order valence-corrected chi connectivity index (χ0v) is 17.3. The number of hydrogen-bond acceptors (Lipinski definition) is 5. The molecule has 0 radical (unpaired) electrons. The summed E-state index contributed by atoms with van der Waals surface area (Å²) in [6.07, 6.45) is 3.48. The number of carbonyl (C=O) groups is 2. The summed E-state index contributed by atoms with van der Waals surface area (Å²) < 4.78 is 1.84. The first-order valence-electron chi connectivity index (χ1n) is 10.8. The number of para-hydroxylation sites is 1. The number of nitrogens with zero attached hydrogens (tertiary/aromatic N) is 5. The van der Waals surface area contributed by atoms with Crippen LogP contribution in [0.5, 0.6) is 0 Å². The van der Waals surface area contributed by atoms with E-state index in [0.29, 0.717) is 44.0 Å². The second kappa shape index (κ2) is 8.11. The van der Waals surface area contributed by atoms with Crippen molar-refractivity contribution in [1.82, 2.24) is 24.6 Å². The molecule has 8 heteroatoms. The van der Waals surface area contributed by atoms with Gasteiger partial charge >= 0.3 is 0 Å². The second-order valence-electron chi connectivity index (χ2n) is 8.25. The first-order valence-corrected chi connectivity index (χ1v) is 10.8. The quantitative estimate of drug-likeness (QED) is 0.687. The predicted octanol–water partition coefficient (Wildman–Crippen LogP) is 2.07. The lowest BCUT2D eigenvalue weighted by Gasteiger charge is -2.29. The molecule has 3 aromatic rings. The Morgan fingerprint density at radius 3 is 2.71 bits per heavy atom. The van der Waals surface area contributed by atoms with Crippen molar-refractivity contribution in [2.45, 2.75) is 38.5 Å². The third-order valence-corrected chi connectivity index (χ3v) is 6.08. The standard InChI is InChI=1S/C23H25N5O3/c29-17-5-3-10-27(15-17)23(31)21-13-16-14-26(11-4-12-28(16)25-21)22(30)19-8-9-24-20-7-2-1-6-18(19)20/h1-2,6-9,13,17,29H,3-5,10-12,14-15H2. The van der Waals surface area contributed by atoms with E-state index in [1.807, 2.05) is 33.8 Å².